The summed E-state index contributed by atoms with van der Waals surface area (Å²) in [5.41, 5.74) is 0.479. The van der Waals surface area contributed by atoms with Crippen LogP contribution in [0.25, 0.3) is 0 Å². The molecule has 0 rings (SSSR count). The maximum Gasteiger partial charge on any atom is 0.333 e. The molecule has 0 amide bonds. The van der Waals surface area contributed by atoms with E-state index in [2.05, 4.69) is 25.3 Å². The van der Waals surface area contributed by atoms with Gasteiger partial charge in [0.05, 0.1) is 0 Å². The predicted octanol–water partition coefficient (Wildman–Crippen LogP) is 4.57. The Morgan fingerprint density at radius 1 is 0.905 bits per heavy atom. The summed E-state index contributed by atoms with van der Waals surface area (Å²) in [6, 6.07) is 0. The first-order valence-corrected chi connectivity index (χ1v) is 8.66. The number of hydrogen-bond donors (Lipinski definition) is 0. The average Bonchev–Trinajstić information content (AvgIpc) is 2.46. The minimum absolute atomic E-state index is 0.271. The summed E-state index contributed by atoms with van der Waals surface area (Å²) in [7, 11) is 0. The normalized spacial score (nSPS) is 10.9. The van der Waals surface area contributed by atoms with E-state index in [0.29, 0.717) is 12.2 Å². The van der Waals surface area contributed by atoms with Gasteiger partial charge in [0.2, 0.25) is 0 Å². The number of esters is 1. The molecule has 0 aliphatic heterocycles. The van der Waals surface area contributed by atoms with Crippen molar-refractivity contribution in [1.29, 1.82) is 0 Å². The summed E-state index contributed by atoms with van der Waals surface area (Å²) in [5.74, 6) is -0.271. The fourth-order valence-corrected chi connectivity index (χ4v) is 2.25. The smallest absolute Gasteiger partial charge is 0.333 e. The van der Waals surface area contributed by atoms with Gasteiger partial charge in [-0.25, -0.2) is 4.79 Å². The molecule has 3 heteroatoms. The van der Waals surface area contributed by atoms with Crippen LogP contribution in [0.1, 0.15) is 72.1 Å². The number of ether oxygens (including phenoxy) is 1. The summed E-state index contributed by atoms with van der Waals surface area (Å²) in [6.45, 7) is 13.3. The fourth-order valence-electron chi connectivity index (χ4n) is 2.25. The molecule has 0 aromatic rings. The van der Waals surface area contributed by atoms with Crippen molar-refractivity contribution in [2.24, 2.45) is 0 Å². The molecule has 0 aromatic heterocycles. The van der Waals surface area contributed by atoms with Crippen LogP contribution >= 0.6 is 0 Å². The first-order valence-electron chi connectivity index (χ1n) is 8.66. The Labute approximate surface area is 131 Å². The molecule has 124 valence electrons. The molecule has 0 radical (unpaired) electrons. The van der Waals surface area contributed by atoms with Gasteiger partial charge >= 0.3 is 5.97 Å². The van der Waals surface area contributed by atoms with E-state index in [0.717, 1.165) is 19.6 Å². The highest BCUT2D eigenvalue weighted by Crippen LogP contribution is 2.05. The maximum absolute atomic E-state index is 11.4. The van der Waals surface area contributed by atoms with Crippen molar-refractivity contribution in [3.63, 3.8) is 0 Å². The lowest BCUT2D eigenvalue weighted by Crippen LogP contribution is -2.30. The second kappa shape index (κ2) is 14.1. The Kier molecular flexibility index (Phi) is 13.6. The molecule has 0 unspecified atom stereocenters. The van der Waals surface area contributed by atoms with Crippen LogP contribution in [0.3, 0.4) is 0 Å². The van der Waals surface area contributed by atoms with E-state index in [4.69, 9.17) is 4.74 Å². The van der Waals surface area contributed by atoms with E-state index < -0.39 is 0 Å². The van der Waals surface area contributed by atoms with Crippen molar-refractivity contribution in [1.82, 2.24) is 4.90 Å². The van der Waals surface area contributed by atoms with Crippen LogP contribution in [-0.2, 0) is 9.53 Å². The van der Waals surface area contributed by atoms with Gasteiger partial charge in [-0.1, -0.05) is 59.0 Å². The molecule has 21 heavy (non-hydrogen) atoms. The number of hydrogen-bond acceptors (Lipinski definition) is 3. The first kappa shape index (κ1) is 20.2. The zero-order valence-electron chi connectivity index (χ0n) is 14.5. The number of nitrogens with zero attached hydrogens (tertiary/aromatic N) is 1. The first-order chi connectivity index (χ1) is 10.1. The standard InChI is InChI=1S/C18H35NO2/c1-5-7-9-11-13-19(14-12-10-8-6-2)15-16-21-18(20)17(3)4/h3,5-16H2,1-2,4H3. The predicted molar refractivity (Wildman–Crippen MR) is 90.5 cm³/mol. The third-order valence-electron chi connectivity index (χ3n) is 3.64. The minimum Gasteiger partial charge on any atom is -0.461 e. The van der Waals surface area contributed by atoms with Gasteiger partial charge in [-0.2, -0.15) is 0 Å². The van der Waals surface area contributed by atoms with Crippen molar-refractivity contribution >= 4 is 5.97 Å². The average molecular weight is 297 g/mol. The Hall–Kier alpha value is -0.830. The van der Waals surface area contributed by atoms with Crippen LogP contribution < -0.4 is 0 Å². The van der Waals surface area contributed by atoms with Gasteiger partial charge in [-0.3, -0.25) is 4.90 Å². The van der Waals surface area contributed by atoms with Gasteiger partial charge in [0.15, 0.2) is 0 Å². The highest BCUT2D eigenvalue weighted by Gasteiger charge is 2.07. The van der Waals surface area contributed by atoms with Gasteiger partial charge in [0.1, 0.15) is 6.61 Å². The Morgan fingerprint density at radius 2 is 1.43 bits per heavy atom. The second-order valence-electron chi connectivity index (χ2n) is 5.88. The molecule has 0 saturated heterocycles. The van der Waals surface area contributed by atoms with Gasteiger partial charge in [-0.15, -0.1) is 0 Å². The van der Waals surface area contributed by atoms with Gasteiger partial charge in [0.25, 0.3) is 0 Å². The van der Waals surface area contributed by atoms with Crippen molar-refractivity contribution in [2.75, 3.05) is 26.2 Å². The van der Waals surface area contributed by atoms with Crippen LogP contribution in [-0.4, -0.2) is 37.1 Å². The SMILES string of the molecule is C=C(C)C(=O)OCCN(CCCCCC)CCCCCC. The van der Waals surface area contributed by atoms with Crippen molar-refractivity contribution in [3.8, 4) is 0 Å². The van der Waals surface area contributed by atoms with Crippen molar-refractivity contribution < 1.29 is 9.53 Å². The van der Waals surface area contributed by atoms with Gasteiger partial charge in [-0.05, 0) is 32.9 Å². The summed E-state index contributed by atoms with van der Waals surface area (Å²) in [4.78, 5) is 13.8. The Bertz CT molecular complexity index is 264. The Balaban J connectivity index is 3.92. The molecule has 0 aliphatic rings. The third kappa shape index (κ3) is 12.6. The van der Waals surface area contributed by atoms with E-state index in [1.165, 1.54) is 51.4 Å². The molecule has 0 saturated carbocycles. The molecule has 3 nitrogen and oxygen atoms in total. The van der Waals surface area contributed by atoms with E-state index in [1.807, 2.05) is 0 Å². The molecule has 0 fully saturated rings. The lowest BCUT2D eigenvalue weighted by molar-refractivity contribution is -0.139. The fraction of sp³-hybridized carbons (Fsp3) is 0.833. The molecule has 0 bridgehead atoms. The van der Waals surface area contributed by atoms with E-state index in [9.17, 15) is 4.79 Å². The summed E-state index contributed by atoms with van der Waals surface area (Å²) < 4.78 is 5.21. The molecule has 0 heterocycles. The lowest BCUT2D eigenvalue weighted by atomic mass is 10.1. The lowest BCUT2D eigenvalue weighted by Gasteiger charge is -2.22. The molecular formula is C18H35NO2. The summed E-state index contributed by atoms with van der Waals surface area (Å²) >= 11 is 0. The van der Waals surface area contributed by atoms with E-state index in [1.54, 1.807) is 6.92 Å². The van der Waals surface area contributed by atoms with Gasteiger partial charge < -0.3 is 4.74 Å². The van der Waals surface area contributed by atoms with Crippen LogP contribution in [0.15, 0.2) is 12.2 Å². The topological polar surface area (TPSA) is 29.5 Å². The minimum atomic E-state index is -0.271. The molecule has 0 atom stereocenters. The highest BCUT2D eigenvalue weighted by molar-refractivity contribution is 5.86. The van der Waals surface area contributed by atoms with E-state index >= 15 is 0 Å². The monoisotopic (exact) mass is 297 g/mol. The number of carbonyl (C=O) groups is 1. The van der Waals surface area contributed by atoms with Gasteiger partial charge in [0, 0.05) is 12.1 Å². The van der Waals surface area contributed by atoms with E-state index in [-0.39, 0.29) is 5.97 Å². The Morgan fingerprint density at radius 3 is 1.86 bits per heavy atom. The number of carbonyl (C=O) groups excluding carboxylic acids is 1. The molecule has 0 aromatic carbocycles. The van der Waals surface area contributed by atoms with Crippen LogP contribution in [0, 0.1) is 0 Å². The number of unbranched alkanes of at least 4 members (excludes halogenated alkanes) is 6. The van der Waals surface area contributed by atoms with Crippen LogP contribution in [0.2, 0.25) is 0 Å². The molecular weight excluding hydrogens is 262 g/mol. The molecule has 0 N–H and O–H groups in total. The summed E-state index contributed by atoms with van der Waals surface area (Å²) in [5, 5.41) is 0. The zero-order valence-corrected chi connectivity index (χ0v) is 14.5. The van der Waals surface area contributed by atoms with Crippen LogP contribution in [0.4, 0.5) is 0 Å². The van der Waals surface area contributed by atoms with Crippen LogP contribution in [0.5, 0.6) is 0 Å². The maximum atomic E-state index is 11.4. The zero-order chi connectivity index (χ0) is 15.9. The third-order valence-corrected chi connectivity index (χ3v) is 3.64. The van der Waals surface area contributed by atoms with Crippen molar-refractivity contribution in [2.45, 2.75) is 72.1 Å². The highest BCUT2D eigenvalue weighted by atomic mass is 16.5. The molecule has 0 aliphatic carbocycles. The molecule has 0 spiro atoms. The largest absolute Gasteiger partial charge is 0.461 e. The second-order valence-corrected chi connectivity index (χ2v) is 5.88. The summed E-state index contributed by atoms with van der Waals surface area (Å²) in [6.07, 6.45) is 10.3. The quantitative estimate of drug-likeness (QED) is 0.267. The van der Waals surface area contributed by atoms with Crippen molar-refractivity contribution in [3.05, 3.63) is 12.2 Å². The number of rotatable bonds is 14.